The molecule has 0 bridgehead atoms. The van der Waals surface area contributed by atoms with E-state index in [1.807, 2.05) is 30.5 Å². The van der Waals surface area contributed by atoms with Crippen molar-refractivity contribution in [3.8, 4) is 0 Å². The number of hydrogen-bond acceptors (Lipinski definition) is 1. The van der Waals surface area contributed by atoms with Gasteiger partial charge in [-0.2, -0.15) is 0 Å². The maximum atomic E-state index is 13.3. The zero-order valence-electron chi connectivity index (χ0n) is 10.8. The van der Waals surface area contributed by atoms with Crippen molar-refractivity contribution in [2.45, 2.75) is 18.4 Å². The highest BCUT2D eigenvalue weighted by atomic mass is 19.1. The van der Waals surface area contributed by atoms with E-state index < -0.39 is 6.10 Å². The lowest BCUT2D eigenvalue weighted by molar-refractivity contribution is 0.176. The Morgan fingerprint density at radius 1 is 1.05 bits per heavy atom. The van der Waals surface area contributed by atoms with Crippen LogP contribution >= 0.6 is 0 Å². The lowest BCUT2D eigenvalue weighted by Crippen LogP contribution is -1.95. The summed E-state index contributed by atoms with van der Waals surface area (Å²) in [5.41, 5.74) is 4.11. The first-order chi connectivity index (χ1) is 9.74. The highest BCUT2D eigenvalue weighted by molar-refractivity contribution is 5.84. The second kappa shape index (κ2) is 4.18. The summed E-state index contributed by atoms with van der Waals surface area (Å²) >= 11 is 0. The van der Waals surface area contributed by atoms with Crippen molar-refractivity contribution in [2.24, 2.45) is 0 Å². The van der Waals surface area contributed by atoms with E-state index in [2.05, 4.69) is 11.1 Å². The summed E-state index contributed by atoms with van der Waals surface area (Å²) < 4.78 is 13.3. The van der Waals surface area contributed by atoms with Gasteiger partial charge in [0.2, 0.25) is 0 Å². The first kappa shape index (κ1) is 11.7. The Kier molecular flexibility index (Phi) is 2.44. The summed E-state index contributed by atoms with van der Waals surface area (Å²) in [6.45, 7) is 0. The molecule has 1 heterocycles. The van der Waals surface area contributed by atoms with Crippen molar-refractivity contribution in [2.75, 3.05) is 0 Å². The molecule has 1 aliphatic rings. The topological polar surface area (TPSA) is 36.0 Å². The van der Waals surface area contributed by atoms with Crippen molar-refractivity contribution in [3.63, 3.8) is 0 Å². The Morgan fingerprint density at radius 3 is 2.70 bits per heavy atom. The molecule has 2 atom stereocenters. The molecule has 100 valence electrons. The molecule has 0 amide bonds. The van der Waals surface area contributed by atoms with Crippen LogP contribution in [0.1, 0.15) is 35.1 Å². The number of aliphatic hydroxyl groups excluding tert-OH is 1. The summed E-state index contributed by atoms with van der Waals surface area (Å²) in [5, 5.41) is 11.2. The molecule has 0 saturated heterocycles. The number of H-pyrrole nitrogens is 1. The van der Waals surface area contributed by atoms with Gasteiger partial charge in [0, 0.05) is 23.0 Å². The predicted molar refractivity (Wildman–Crippen MR) is 76.1 cm³/mol. The number of aliphatic hydroxyl groups is 1. The molecule has 2 aromatic carbocycles. The third kappa shape index (κ3) is 1.60. The molecular weight excluding hydrogens is 253 g/mol. The van der Waals surface area contributed by atoms with Crippen molar-refractivity contribution < 1.29 is 9.50 Å². The van der Waals surface area contributed by atoms with Crippen LogP contribution in [0.2, 0.25) is 0 Å². The summed E-state index contributed by atoms with van der Waals surface area (Å²) in [6, 6.07) is 12.8. The van der Waals surface area contributed by atoms with Gasteiger partial charge >= 0.3 is 0 Å². The van der Waals surface area contributed by atoms with Crippen LogP contribution in [0.3, 0.4) is 0 Å². The number of aromatic nitrogens is 1. The molecule has 0 radical (unpaired) electrons. The maximum absolute atomic E-state index is 13.3. The van der Waals surface area contributed by atoms with Crippen LogP contribution in [0.5, 0.6) is 0 Å². The van der Waals surface area contributed by atoms with Crippen molar-refractivity contribution >= 4 is 10.9 Å². The third-order valence-corrected chi connectivity index (χ3v) is 4.24. The second-order valence-corrected chi connectivity index (χ2v) is 5.37. The molecule has 2 unspecified atom stereocenters. The van der Waals surface area contributed by atoms with E-state index in [1.54, 1.807) is 0 Å². The van der Waals surface area contributed by atoms with Gasteiger partial charge in [0.1, 0.15) is 5.82 Å². The summed E-state index contributed by atoms with van der Waals surface area (Å²) in [6.07, 6.45) is 2.20. The normalized spacial score (nSPS) is 21.3. The molecule has 2 N–H and O–H groups in total. The van der Waals surface area contributed by atoms with E-state index >= 15 is 0 Å². The maximum Gasteiger partial charge on any atom is 0.125 e. The van der Waals surface area contributed by atoms with Crippen LogP contribution in [-0.4, -0.2) is 10.1 Å². The van der Waals surface area contributed by atoms with Crippen LogP contribution in [-0.2, 0) is 0 Å². The number of halogens is 1. The fourth-order valence-corrected chi connectivity index (χ4v) is 3.31. The van der Waals surface area contributed by atoms with Gasteiger partial charge in [-0.05, 0) is 41.3 Å². The molecule has 3 aromatic rings. The Hall–Kier alpha value is -2.13. The molecule has 2 nitrogen and oxygen atoms in total. The summed E-state index contributed by atoms with van der Waals surface area (Å²) in [7, 11) is 0. The molecule has 0 spiro atoms. The predicted octanol–water partition coefficient (Wildman–Crippen LogP) is 3.88. The van der Waals surface area contributed by atoms with Crippen molar-refractivity contribution in [3.05, 3.63) is 71.2 Å². The van der Waals surface area contributed by atoms with Gasteiger partial charge in [0.05, 0.1) is 6.10 Å². The molecule has 20 heavy (non-hydrogen) atoms. The molecule has 1 aliphatic carbocycles. The van der Waals surface area contributed by atoms with E-state index in [1.165, 1.54) is 17.7 Å². The van der Waals surface area contributed by atoms with Gasteiger partial charge in [-0.3, -0.25) is 0 Å². The molecule has 1 aromatic heterocycles. The van der Waals surface area contributed by atoms with Crippen LogP contribution in [0.4, 0.5) is 4.39 Å². The first-order valence-electron chi connectivity index (χ1n) is 6.77. The third-order valence-electron chi connectivity index (χ3n) is 4.24. The quantitative estimate of drug-likeness (QED) is 0.689. The summed E-state index contributed by atoms with van der Waals surface area (Å²) in [5.74, 6) is -0.0711. The average molecular weight is 267 g/mol. The minimum Gasteiger partial charge on any atom is -0.388 e. The minimum atomic E-state index is -0.415. The second-order valence-electron chi connectivity index (χ2n) is 5.37. The number of hydrogen-bond donors (Lipinski definition) is 2. The van der Waals surface area contributed by atoms with E-state index in [4.69, 9.17) is 0 Å². The van der Waals surface area contributed by atoms with E-state index in [0.717, 1.165) is 22.0 Å². The first-order valence-corrected chi connectivity index (χ1v) is 6.77. The SMILES string of the molecule is OC1CC(c2c[nH]c3cc(F)ccc23)c2ccccc21. The molecule has 0 aliphatic heterocycles. The molecule has 3 heteroatoms. The average Bonchev–Trinajstić information content (AvgIpc) is 3.00. The highest BCUT2D eigenvalue weighted by Gasteiger charge is 2.31. The van der Waals surface area contributed by atoms with Gasteiger partial charge in [-0.25, -0.2) is 4.39 Å². The number of benzene rings is 2. The smallest absolute Gasteiger partial charge is 0.125 e. The number of rotatable bonds is 1. The highest BCUT2D eigenvalue weighted by Crippen LogP contribution is 2.45. The Labute approximate surface area is 115 Å². The summed E-state index contributed by atoms with van der Waals surface area (Å²) in [4.78, 5) is 3.13. The standard InChI is InChI=1S/C17H14FNO/c18-10-5-6-12-15(9-19-16(12)7-10)14-8-17(20)13-4-2-1-3-11(13)14/h1-7,9,14,17,19-20H,8H2. The minimum absolute atomic E-state index is 0.167. The van der Waals surface area contributed by atoms with E-state index in [9.17, 15) is 9.50 Å². The number of fused-ring (bicyclic) bond motifs is 2. The van der Waals surface area contributed by atoms with Gasteiger partial charge < -0.3 is 10.1 Å². The van der Waals surface area contributed by atoms with Crippen LogP contribution < -0.4 is 0 Å². The lowest BCUT2D eigenvalue weighted by Gasteiger charge is -2.10. The Balaban J connectivity index is 1.89. The Morgan fingerprint density at radius 2 is 1.85 bits per heavy atom. The fraction of sp³-hybridized carbons (Fsp3) is 0.176. The van der Waals surface area contributed by atoms with Gasteiger partial charge in [-0.15, -0.1) is 0 Å². The van der Waals surface area contributed by atoms with Crippen LogP contribution in [0.15, 0.2) is 48.7 Å². The van der Waals surface area contributed by atoms with E-state index in [0.29, 0.717) is 6.42 Å². The van der Waals surface area contributed by atoms with Crippen LogP contribution in [0, 0.1) is 5.82 Å². The Bertz CT molecular complexity index is 793. The fourth-order valence-electron chi connectivity index (χ4n) is 3.31. The van der Waals surface area contributed by atoms with Gasteiger partial charge in [0.15, 0.2) is 0 Å². The van der Waals surface area contributed by atoms with Crippen LogP contribution in [0.25, 0.3) is 10.9 Å². The zero-order chi connectivity index (χ0) is 13.7. The molecule has 0 saturated carbocycles. The van der Waals surface area contributed by atoms with E-state index in [-0.39, 0.29) is 11.7 Å². The monoisotopic (exact) mass is 267 g/mol. The molecule has 4 rings (SSSR count). The molecular formula is C17H14FNO. The number of aromatic amines is 1. The van der Waals surface area contributed by atoms with Gasteiger partial charge in [-0.1, -0.05) is 24.3 Å². The molecule has 0 fully saturated rings. The lowest BCUT2D eigenvalue weighted by atomic mass is 9.93. The zero-order valence-corrected chi connectivity index (χ0v) is 10.8. The largest absolute Gasteiger partial charge is 0.388 e. The number of nitrogens with one attached hydrogen (secondary N) is 1. The van der Waals surface area contributed by atoms with Crippen molar-refractivity contribution in [1.29, 1.82) is 0 Å². The van der Waals surface area contributed by atoms with Crippen molar-refractivity contribution in [1.82, 2.24) is 4.98 Å². The van der Waals surface area contributed by atoms with Gasteiger partial charge in [0.25, 0.3) is 0 Å².